The first-order valence-corrected chi connectivity index (χ1v) is 12.7. The number of phosphoric acid groups is 3. The van der Waals surface area contributed by atoms with Crippen molar-refractivity contribution in [3.05, 3.63) is 24.2 Å². The summed E-state index contributed by atoms with van der Waals surface area (Å²) in [6.45, 7) is 1.09. The highest BCUT2D eigenvalue weighted by molar-refractivity contribution is 7.66. The number of nitrogens with zero attached hydrogens (tertiary/aromatic N) is 3. The number of ether oxygens (including phenoxy) is 1. The molecule has 2 unspecified atom stereocenters. The summed E-state index contributed by atoms with van der Waals surface area (Å²) in [7, 11) is -16.4. The van der Waals surface area contributed by atoms with Crippen LogP contribution in [0.1, 0.15) is 18.2 Å². The van der Waals surface area contributed by atoms with Gasteiger partial charge in [-0.3, -0.25) is 9.09 Å². The van der Waals surface area contributed by atoms with E-state index in [0.29, 0.717) is 11.2 Å². The van der Waals surface area contributed by atoms with Gasteiger partial charge in [0.15, 0.2) is 5.65 Å². The number of fused-ring (bicyclic) bond motifs is 1. The molecule has 168 valence electrons. The summed E-state index contributed by atoms with van der Waals surface area (Å²) in [4.78, 5) is 44.1. The van der Waals surface area contributed by atoms with Gasteiger partial charge in [-0.25, -0.2) is 23.7 Å². The van der Waals surface area contributed by atoms with E-state index in [1.165, 1.54) is 6.33 Å². The summed E-state index contributed by atoms with van der Waals surface area (Å²) in [6, 6.07) is 1.77. The molecule has 0 spiro atoms. The van der Waals surface area contributed by atoms with Crippen LogP contribution in [0.4, 0.5) is 0 Å². The van der Waals surface area contributed by atoms with Gasteiger partial charge in [-0.2, -0.15) is 8.62 Å². The highest BCUT2D eigenvalue weighted by Gasteiger charge is 2.43. The first kappa shape index (κ1) is 23.6. The number of phosphoric ester groups is 1. The molecule has 15 nitrogen and oxygen atoms in total. The maximum Gasteiger partial charge on any atom is 0.490 e. The van der Waals surface area contributed by atoms with Gasteiger partial charge in [0.1, 0.15) is 17.8 Å². The Labute approximate surface area is 168 Å². The van der Waals surface area contributed by atoms with Crippen LogP contribution in [0.25, 0.3) is 11.2 Å². The van der Waals surface area contributed by atoms with Crippen molar-refractivity contribution in [1.82, 2.24) is 14.5 Å². The molecule has 2 aromatic rings. The molecule has 1 aliphatic rings. The van der Waals surface area contributed by atoms with Crippen LogP contribution in [-0.4, -0.2) is 58.0 Å². The third-order valence-corrected chi connectivity index (χ3v) is 7.80. The molecule has 3 heterocycles. The van der Waals surface area contributed by atoms with E-state index in [1.807, 2.05) is 6.92 Å². The van der Waals surface area contributed by atoms with E-state index in [4.69, 9.17) is 19.4 Å². The highest BCUT2D eigenvalue weighted by Crippen LogP contribution is 2.66. The Morgan fingerprint density at radius 2 is 1.87 bits per heavy atom. The second-order valence-corrected chi connectivity index (χ2v) is 10.7. The molecule has 30 heavy (non-hydrogen) atoms. The molecule has 18 heteroatoms. The summed E-state index contributed by atoms with van der Waals surface area (Å²) in [6.07, 6.45) is 0.0901. The van der Waals surface area contributed by atoms with Crippen LogP contribution in [0, 0.1) is 6.92 Å². The number of aliphatic hydroxyl groups excluding tert-OH is 1. The van der Waals surface area contributed by atoms with E-state index < -0.39 is 48.5 Å². The van der Waals surface area contributed by atoms with E-state index in [1.54, 1.807) is 16.8 Å². The number of pyridine rings is 1. The number of aromatic nitrogens is 3. The zero-order valence-electron chi connectivity index (χ0n) is 15.2. The summed E-state index contributed by atoms with van der Waals surface area (Å²) in [5.41, 5.74) is 2.01. The molecule has 0 aromatic carbocycles. The number of rotatable bonds is 8. The van der Waals surface area contributed by atoms with Gasteiger partial charge in [-0.15, -0.1) is 0 Å². The van der Waals surface area contributed by atoms with Crippen molar-refractivity contribution in [2.45, 2.75) is 31.8 Å². The Morgan fingerprint density at radius 1 is 1.17 bits per heavy atom. The van der Waals surface area contributed by atoms with E-state index in [0.717, 1.165) is 5.56 Å². The average Bonchev–Trinajstić information content (AvgIpc) is 3.14. The van der Waals surface area contributed by atoms with Crippen molar-refractivity contribution in [2.75, 3.05) is 6.61 Å². The van der Waals surface area contributed by atoms with Gasteiger partial charge in [0.2, 0.25) is 0 Å². The maximum atomic E-state index is 11.8. The van der Waals surface area contributed by atoms with Gasteiger partial charge in [0.25, 0.3) is 0 Å². The minimum atomic E-state index is -5.62. The Bertz CT molecular complexity index is 1070. The molecule has 0 bridgehead atoms. The van der Waals surface area contributed by atoms with Crippen LogP contribution < -0.4 is 0 Å². The predicted octanol–water partition coefficient (Wildman–Crippen LogP) is 0.731. The molecule has 1 saturated heterocycles. The monoisotopic (exact) mass is 489 g/mol. The van der Waals surface area contributed by atoms with Crippen LogP contribution in [0.15, 0.2) is 18.6 Å². The number of hydrogen-bond acceptors (Lipinski definition) is 10. The number of aryl methyl sites for hydroxylation is 1. The van der Waals surface area contributed by atoms with Crippen molar-refractivity contribution >= 4 is 34.6 Å². The molecule has 3 rings (SSSR count). The Hall–Kier alpha value is -1.05. The molecule has 0 amide bonds. The fourth-order valence-electron chi connectivity index (χ4n) is 2.78. The largest absolute Gasteiger partial charge is 0.490 e. The second-order valence-electron chi connectivity index (χ2n) is 6.27. The van der Waals surface area contributed by atoms with Crippen LogP contribution in [-0.2, 0) is 31.6 Å². The molecule has 5 atom stereocenters. The molecule has 1 aliphatic heterocycles. The molecule has 1 fully saturated rings. The molecular formula is C12H18N3O12P3. The summed E-state index contributed by atoms with van der Waals surface area (Å²) < 4.78 is 52.6. The molecular weight excluding hydrogens is 471 g/mol. The first-order chi connectivity index (χ1) is 13.8. The van der Waals surface area contributed by atoms with Gasteiger partial charge in [0, 0.05) is 12.6 Å². The third kappa shape index (κ3) is 5.80. The average molecular weight is 489 g/mol. The van der Waals surface area contributed by atoms with E-state index >= 15 is 0 Å². The number of hydrogen-bond donors (Lipinski definition) is 5. The minimum Gasteiger partial charge on any atom is -0.390 e. The fraction of sp³-hybridized carbons (Fsp3) is 0.500. The Balaban J connectivity index is 1.64. The lowest BCUT2D eigenvalue weighted by molar-refractivity contribution is -0.0423. The van der Waals surface area contributed by atoms with Gasteiger partial charge in [0.05, 0.1) is 19.0 Å². The maximum absolute atomic E-state index is 11.8. The van der Waals surface area contributed by atoms with Crippen molar-refractivity contribution in [2.24, 2.45) is 0 Å². The summed E-state index contributed by atoms with van der Waals surface area (Å²) >= 11 is 0. The fourth-order valence-corrected chi connectivity index (χ4v) is 5.81. The zero-order valence-corrected chi connectivity index (χ0v) is 17.8. The lowest BCUT2D eigenvalue weighted by Gasteiger charge is -2.19. The van der Waals surface area contributed by atoms with Crippen molar-refractivity contribution < 1.29 is 56.3 Å². The number of imidazole rings is 1. The van der Waals surface area contributed by atoms with Crippen molar-refractivity contribution in [3.63, 3.8) is 0 Å². The minimum absolute atomic E-state index is 0.0610. The molecule has 0 aliphatic carbocycles. The van der Waals surface area contributed by atoms with Crippen LogP contribution in [0.2, 0.25) is 0 Å². The van der Waals surface area contributed by atoms with E-state index in [2.05, 4.69) is 23.1 Å². The Morgan fingerprint density at radius 3 is 2.53 bits per heavy atom. The SMILES string of the molecule is Cc1ccnc2c1ncn2[C@H]1C[C@H](O)[C@@H](COP(=O)(O)OP(=O)(O)OP(=O)(O)O)O1. The van der Waals surface area contributed by atoms with Gasteiger partial charge in [-0.1, -0.05) is 0 Å². The number of aliphatic hydroxyl groups is 1. The second kappa shape index (κ2) is 8.47. The lowest BCUT2D eigenvalue weighted by Crippen LogP contribution is -2.26. The molecule has 5 N–H and O–H groups in total. The summed E-state index contributed by atoms with van der Waals surface area (Å²) in [5, 5.41) is 10.2. The van der Waals surface area contributed by atoms with Crippen LogP contribution >= 0.6 is 23.5 Å². The van der Waals surface area contributed by atoms with Crippen LogP contribution in [0.3, 0.4) is 0 Å². The summed E-state index contributed by atoms with van der Waals surface area (Å²) in [5.74, 6) is 0. The quantitative estimate of drug-likeness (QED) is 0.323. The van der Waals surface area contributed by atoms with E-state index in [-0.39, 0.29) is 6.42 Å². The van der Waals surface area contributed by atoms with Crippen molar-refractivity contribution in [3.8, 4) is 0 Å². The molecule has 2 aromatic heterocycles. The predicted molar refractivity (Wildman–Crippen MR) is 96.6 cm³/mol. The van der Waals surface area contributed by atoms with Gasteiger partial charge < -0.3 is 29.4 Å². The molecule has 0 radical (unpaired) electrons. The Kier molecular flexibility index (Phi) is 6.67. The van der Waals surface area contributed by atoms with Gasteiger partial charge >= 0.3 is 23.5 Å². The zero-order chi connectivity index (χ0) is 22.3. The molecule has 0 saturated carbocycles. The third-order valence-electron chi connectivity index (χ3n) is 3.99. The van der Waals surface area contributed by atoms with E-state index in [9.17, 15) is 23.7 Å². The smallest absolute Gasteiger partial charge is 0.390 e. The normalized spacial score (nSPS) is 26.5. The van der Waals surface area contributed by atoms with Crippen LogP contribution in [0.5, 0.6) is 0 Å². The van der Waals surface area contributed by atoms with Gasteiger partial charge in [-0.05, 0) is 18.6 Å². The standard InChI is InChI=1S/C12H18N3O12P3/c1-7-2-3-13-12-11(7)14-6-15(12)10-4-8(16)9(25-10)5-24-29(20,21)27-30(22,23)26-28(17,18)19/h2-3,6,8-10,16H,4-5H2,1H3,(H,20,21)(H,22,23)(H2,17,18,19)/t8-,9+,10+/m0/s1. The first-order valence-electron chi connectivity index (χ1n) is 8.16. The highest BCUT2D eigenvalue weighted by atomic mass is 31.3. The topological polar surface area (TPSA) is 220 Å². The lowest BCUT2D eigenvalue weighted by atomic mass is 10.2. The van der Waals surface area contributed by atoms with Crippen molar-refractivity contribution in [1.29, 1.82) is 0 Å².